The number of amides is 2. The van der Waals surface area contributed by atoms with Crippen molar-refractivity contribution in [3.8, 4) is 0 Å². The molecule has 2 aliphatic rings. The number of morpholine rings is 1. The van der Waals surface area contributed by atoms with Crippen LogP contribution in [0.2, 0.25) is 0 Å². The van der Waals surface area contributed by atoms with Crippen molar-refractivity contribution in [3.05, 3.63) is 0 Å². The molecule has 1 aliphatic heterocycles. The number of hydrogen-bond acceptors (Lipinski definition) is 4. The minimum Gasteiger partial charge on any atom is -0.443 e. The molecule has 1 spiro atoms. The van der Waals surface area contributed by atoms with E-state index in [4.69, 9.17) is 9.47 Å². The summed E-state index contributed by atoms with van der Waals surface area (Å²) < 4.78 is 10.6. The van der Waals surface area contributed by atoms with Crippen molar-refractivity contribution in [2.75, 3.05) is 13.2 Å². The Bertz CT molecular complexity index is 327. The van der Waals surface area contributed by atoms with Gasteiger partial charge in [-0.05, 0) is 33.6 Å². The second kappa shape index (κ2) is 3.45. The van der Waals surface area contributed by atoms with E-state index in [1.807, 2.05) is 0 Å². The summed E-state index contributed by atoms with van der Waals surface area (Å²) in [4.78, 5) is 24.5. The number of hydrogen-bond donors (Lipinski definition) is 0. The molecule has 5 nitrogen and oxygen atoms in total. The van der Waals surface area contributed by atoms with Gasteiger partial charge >= 0.3 is 6.09 Å². The van der Waals surface area contributed by atoms with E-state index < -0.39 is 11.7 Å². The lowest BCUT2D eigenvalue weighted by molar-refractivity contribution is -0.149. The lowest BCUT2D eigenvalue weighted by atomic mass is 10.2. The summed E-state index contributed by atoms with van der Waals surface area (Å²) >= 11 is 0. The summed E-state index contributed by atoms with van der Waals surface area (Å²) in [5.41, 5.74) is -0.836. The van der Waals surface area contributed by atoms with Crippen LogP contribution in [0.5, 0.6) is 0 Å². The third kappa shape index (κ3) is 2.35. The summed E-state index contributed by atoms with van der Waals surface area (Å²) in [7, 11) is 0. The number of imide groups is 1. The average Bonchev–Trinajstić information content (AvgIpc) is 2.87. The highest BCUT2D eigenvalue weighted by atomic mass is 16.6. The van der Waals surface area contributed by atoms with E-state index in [-0.39, 0.29) is 18.1 Å². The molecule has 1 saturated heterocycles. The molecule has 1 heterocycles. The van der Waals surface area contributed by atoms with Gasteiger partial charge in [-0.2, -0.15) is 0 Å². The first-order valence-corrected chi connectivity index (χ1v) is 5.49. The van der Waals surface area contributed by atoms with Crippen LogP contribution in [0.3, 0.4) is 0 Å². The van der Waals surface area contributed by atoms with Crippen molar-refractivity contribution in [1.82, 2.24) is 4.90 Å². The Morgan fingerprint density at radius 2 is 2.06 bits per heavy atom. The normalized spacial score (nSPS) is 23.4. The highest BCUT2D eigenvalue weighted by Crippen LogP contribution is 2.42. The van der Waals surface area contributed by atoms with Crippen LogP contribution in [0.1, 0.15) is 33.6 Å². The molecule has 2 amide bonds. The van der Waals surface area contributed by atoms with Crippen LogP contribution in [0.25, 0.3) is 0 Å². The van der Waals surface area contributed by atoms with E-state index in [1.54, 1.807) is 20.8 Å². The molecular weight excluding hydrogens is 210 g/mol. The Morgan fingerprint density at radius 3 is 2.56 bits per heavy atom. The van der Waals surface area contributed by atoms with Crippen LogP contribution in [0.15, 0.2) is 0 Å². The van der Waals surface area contributed by atoms with Crippen LogP contribution >= 0.6 is 0 Å². The molecule has 1 saturated carbocycles. The summed E-state index contributed by atoms with van der Waals surface area (Å²) in [6.07, 6.45) is 1.27. The Kier molecular flexibility index (Phi) is 2.45. The van der Waals surface area contributed by atoms with Gasteiger partial charge in [0.25, 0.3) is 5.91 Å². The van der Waals surface area contributed by atoms with Gasteiger partial charge in [0.15, 0.2) is 0 Å². The van der Waals surface area contributed by atoms with Gasteiger partial charge < -0.3 is 9.47 Å². The molecule has 0 aromatic carbocycles. The Hall–Kier alpha value is -1.10. The van der Waals surface area contributed by atoms with Crippen molar-refractivity contribution in [3.63, 3.8) is 0 Å². The zero-order chi connectivity index (χ0) is 12.0. The van der Waals surface area contributed by atoms with Gasteiger partial charge in [0.05, 0.1) is 12.1 Å². The third-order valence-electron chi connectivity index (χ3n) is 2.67. The zero-order valence-corrected chi connectivity index (χ0v) is 9.91. The van der Waals surface area contributed by atoms with Gasteiger partial charge in [0.2, 0.25) is 0 Å². The van der Waals surface area contributed by atoms with E-state index in [0.29, 0.717) is 6.54 Å². The molecule has 1 aliphatic carbocycles. The van der Waals surface area contributed by atoms with Gasteiger partial charge in [0, 0.05) is 0 Å². The summed E-state index contributed by atoms with van der Waals surface area (Å²) in [5, 5.41) is 0. The number of carbonyl (C=O) groups excluding carboxylic acids is 2. The highest BCUT2D eigenvalue weighted by molar-refractivity contribution is 5.93. The fraction of sp³-hybridized carbons (Fsp3) is 0.818. The second-order valence-electron chi connectivity index (χ2n) is 5.43. The minimum atomic E-state index is -0.577. The molecule has 0 radical (unpaired) electrons. The molecule has 0 atom stereocenters. The largest absolute Gasteiger partial charge is 0.443 e. The summed E-state index contributed by atoms with van der Waals surface area (Å²) in [6, 6.07) is 0. The van der Waals surface area contributed by atoms with Crippen molar-refractivity contribution in [1.29, 1.82) is 0 Å². The van der Waals surface area contributed by atoms with E-state index in [9.17, 15) is 9.59 Å². The van der Waals surface area contributed by atoms with Crippen LogP contribution in [-0.2, 0) is 14.3 Å². The zero-order valence-electron chi connectivity index (χ0n) is 9.91. The molecule has 2 fully saturated rings. The van der Waals surface area contributed by atoms with Crippen LogP contribution < -0.4 is 0 Å². The molecule has 0 aromatic heterocycles. The fourth-order valence-corrected chi connectivity index (χ4v) is 1.64. The highest BCUT2D eigenvalue weighted by Gasteiger charge is 2.51. The second-order valence-corrected chi connectivity index (χ2v) is 5.43. The first-order chi connectivity index (χ1) is 7.31. The predicted octanol–water partition coefficient (Wildman–Crippen LogP) is 1.31. The summed E-state index contributed by atoms with van der Waals surface area (Å²) in [6.45, 7) is 5.66. The maximum absolute atomic E-state index is 11.8. The molecule has 0 N–H and O–H groups in total. The Labute approximate surface area is 94.7 Å². The van der Waals surface area contributed by atoms with Gasteiger partial charge in [-0.25, -0.2) is 9.69 Å². The number of nitrogens with zero attached hydrogens (tertiary/aromatic N) is 1. The smallest absolute Gasteiger partial charge is 0.417 e. The SMILES string of the molecule is CC(C)(C)OC(=O)N1CC2(CC2)OCC1=O. The van der Waals surface area contributed by atoms with E-state index in [0.717, 1.165) is 12.8 Å². The fourth-order valence-electron chi connectivity index (χ4n) is 1.64. The van der Waals surface area contributed by atoms with E-state index >= 15 is 0 Å². The average molecular weight is 227 g/mol. The topological polar surface area (TPSA) is 55.8 Å². The van der Waals surface area contributed by atoms with Gasteiger partial charge in [-0.1, -0.05) is 0 Å². The maximum Gasteiger partial charge on any atom is 0.417 e. The van der Waals surface area contributed by atoms with Crippen LogP contribution in [0, 0.1) is 0 Å². The Morgan fingerprint density at radius 1 is 1.44 bits per heavy atom. The first kappa shape index (κ1) is 11.4. The van der Waals surface area contributed by atoms with Crippen molar-refractivity contribution < 1.29 is 19.1 Å². The number of ether oxygens (including phenoxy) is 2. The van der Waals surface area contributed by atoms with E-state index in [2.05, 4.69) is 0 Å². The molecule has 90 valence electrons. The van der Waals surface area contributed by atoms with Crippen molar-refractivity contribution >= 4 is 12.0 Å². The van der Waals surface area contributed by atoms with Gasteiger partial charge in [-0.15, -0.1) is 0 Å². The third-order valence-corrected chi connectivity index (χ3v) is 2.67. The molecule has 0 bridgehead atoms. The molecule has 0 unspecified atom stereocenters. The predicted molar refractivity (Wildman–Crippen MR) is 55.9 cm³/mol. The first-order valence-electron chi connectivity index (χ1n) is 5.49. The standard InChI is InChI=1S/C11H17NO4/c1-10(2,3)16-9(14)12-7-11(4-5-11)15-6-8(12)13/h4-7H2,1-3H3. The molecular formula is C11H17NO4. The molecule has 0 aromatic rings. The lowest BCUT2D eigenvalue weighted by Gasteiger charge is -2.32. The van der Waals surface area contributed by atoms with Crippen molar-refractivity contribution in [2.24, 2.45) is 0 Å². The number of rotatable bonds is 0. The molecule has 5 heteroatoms. The van der Waals surface area contributed by atoms with E-state index in [1.165, 1.54) is 4.90 Å². The Balaban J connectivity index is 2.01. The quantitative estimate of drug-likeness (QED) is 0.626. The van der Waals surface area contributed by atoms with Gasteiger partial charge in [0.1, 0.15) is 12.2 Å². The van der Waals surface area contributed by atoms with Gasteiger partial charge in [-0.3, -0.25) is 4.79 Å². The summed E-state index contributed by atoms with van der Waals surface area (Å²) in [5.74, 6) is -0.313. The van der Waals surface area contributed by atoms with Crippen molar-refractivity contribution in [2.45, 2.75) is 44.8 Å². The van der Waals surface area contributed by atoms with Crippen LogP contribution in [0.4, 0.5) is 4.79 Å². The lowest BCUT2D eigenvalue weighted by Crippen LogP contribution is -2.52. The molecule has 16 heavy (non-hydrogen) atoms. The number of carbonyl (C=O) groups is 2. The maximum atomic E-state index is 11.8. The monoisotopic (exact) mass is 227 g/mol. The molecule has 2 rings (SSSR count). The minimum absolute atomic E-state index is 0.0146. The van der Waals surface area contributed by atoms with Crippen LogP contribution in [-0.4, -0.2) is 41.3 Å².